The minimum atomic E-state index is -0.643. The highest BCUT2D eigenvalue weighted by Gasteiger charge is 2.28. The van der Waals surface area contributed by atoms with E-state index < -0.39 is 17.6 Å². The summed E-state index contributed by atoms with van der Waals surface area (Å²) in [5, 5.41) is 4.21. The van der Waals surface area contributed by atoms with Crippen LogP contribution in [0.4, 0.5) is 4.39 Å². The van der Waals surface area contributed by atoms with Gasteiger partial charge < -0.3 is 5.73 Å². The van der Waals surface area contributed by atoms with Gasteiger partial charge in [-0.25, -0.2) is 9.82 Å². The van der Waals surface area contributed by atoms with Gasteiger partial charge in [0.1, 0.15) is 5.82 Å². The van der Waals surface area contributed by atoms with Crippen LogP contribution < -0.4 is 11.2 Å². The first-order valence-electron chi connectivity index (χ1n) is 8.11. The Morgan fingerprint density at radius 1 is 1.08 bits per heavy atom. The molecule has 130 valence electrons. The van der Waals surface area contributed by atoms with Crippen LogP contribution in [0.1, 0.15) is 32.0 Å². The largest absolute Gasteiger partial charge is 0.364 e. The van der Waals surface area contributed by atoms with Crippen molar-refractivity contribution in [1.29, 1.82) is 0 Å². The molecule has 0 aliphatic heterocycles. The highest BCUT2D eigenvalue weighted by Crippen LogP contribution is 2.34. The minimum absolute atomic E-state index is 0.147. The molecule has 3 aromatic rings. The lowest BCUT2D eigenvalue weighted by Crippen LogP contribution is -2.26. The summed E-state index contributed by atoms with van der Waals surface area (Å²) < 4.78 is 13.1. The molecule has 2 aromatic carbocycles. The van der Waals surface area contributed by atoms with Crippen molar-refractivity contribution >= 4 is 11.8 Å². The van der Waals surface area contributed by atoms with E-state index in [1.54, 1.807) is 0 Å². The lowest BCUT2D eigenvalue weighted by atomic mass is 9.89. The smallest absolute Gasteiger partial charge is 0.271 e. The average molecular weight is 350 g/mol. The summed E-state index contributed by atoms with van der Waals surface area (Å²) in [6.07, 6.45) is 1.37. The summed E-state index contributed by atoms with van der Waals surface area (Å²) in [6, 6.07) is 12.9. The number of halogens is 1. The van der Waals surface area contributed by atoms with Crippen LogP contribution >= 0.6 is 0 Å². The van der Waals surface area contributed by atoms with Gasteiger partial charge in [-0.1, -0.05) is 24.3 Å². The number of nitrogens with two attached hydrogens (primary N) is 1. The normalized spacial score (nSPS) is 12.2. The molecule has 0 bridgehead atoms. The predicted molar refractivity (Wildman–Crippen MR) is 93.7 cm³/mol. The average Bonchev–Trinajstić information content (AvgIpc) is 3.01. The topological polar surface area (TPSA) is 90.0 Å². The molecule has 0 saturated heterocycles. The molecular formula is C19H15FN4O2. The van der Waals surface area contributed by atoms with Crippen molar-refractivity contribution in [3.8, 4) is 11.3 Å². The number of aryl methyl sites for hydroxylation is 1. The first-order valence-corrected chi connectivity index (χ1v) is 8.11. The number of aromatic nitrogens is 2. The van der Waals surface area contributed by atoms with Crippen molar-refractivity contribution in [1.82, 2.24) is 9.89 Å². The van der Waals surface area contributed by atoms with Crippen molar-refractivity contribution in [2.45, 2.75) is 12.8 Å². The van der Waals surface area contributed by atoms with Gasteiger partial charge in [0.25, 0.3) is 11.8 Å². The van der Waals surface area contributed by atoms with Gasteiger partial charge in [-0.05, 0) is 42.7 Å². The Morgan fingerprint density at radius 3 is 2.54 bits per heavy atom. The van der Waals surface area contributed by atoms with Gasteiger partial charge in [0.15, 0.2) is 5.69 Å². The first kappa shape index (κ1) is 16.0. The summed E-state index contributed by atoms with van der Waals surface area (Å²) in [6.45, 7) is 0. The molecular weight excluding hydrogens is 335 g/mol. The fourth-order valence-electron chi connectivity index (χ4n) is 3.23. The standard InChI is InChI=1S/C19H15FN4O2/c20-13-8-5-12(6-9-13)19(26)23-24-17-14-4-2-1-3-11(14)7-10-15(17)16(22-24)18(21)25/h1-6,8-9H,7,10H2,(H2,21,25)(H,23,26). The molecule has 26 heavy (non-hydrogen) atoms. The number of hydrogen-bond donors (Lipinski definition) is 2. The molecule has 0 unspecified atom stereocenters. The Hall–Kier alpha value is -3.48. The van der Waals surface area contributed by atoms with Crippen molar-refractivity contribution in [2.75, 3.05) is 5.43 Å². The molecule has 0 fully saturated rings. The molecule has 7 heteroatoms. The van der Waals surface area contributed by atoms with Gasteiger partial charge in [0.2, 0.25) is 0 Å². The lowest BCUT2D eigenvalue weighted by Gasteiger charge is -2.18. The van der Waals surface area contributed by atoms with Crippen LogP contribution in [-0.2, 0) is 12.8 Å². The van der Waals surface area contributed by atoms with E-state index in [1.807, 2.05) is 24.3 Å². The van der Waals surface area contributed by atoms with Gasteiger partial charge in [0.05, 0.1) is 5.69 Å². The molecule has 2 amide bonds. The molecule has 4 rings (SSSR count). The van der Waals surface area contributed by atoms with Crippen LogP contribution in [0.5, 0.6) is 0 Å². The SMILES string of the molecule is NC(=O)c1nn(NC(=O)c2ccc(F)cc2)c2c1CCc1ccccc1-2. The van der Waals surface area contributed by atoms with E-state index in [2.05, 4.69) is 10.5 Å². The van der Waals surface area contributed by atoms with Crippen LogP contribution in [0.2, 0.25) is 0 Å². The Bertz CT molecular complexity index is 1020. The highest BCUT2D eigenvalue weighted by molar-refractivity contribution is 6.01. The second-order valence-electron chi connectivity index (χ2n) is 6.06. The Labute approximate surface area is 148 Å². The number of rotatable bonds is 3. The van der Waals surface area contributed by atoms with Gasteiger partial charge in [-0.2, -0.15) is 4.79 Å². The van der Waals surface area contributed by atoms with Crippen LogP contribution in [0.15, 0.2) is 48.5 Å². The fourth-order valence-corrected chi connectivity index (χ4v) is 3.23. The highest BCUT2D eigenvalue weighted by atomic mass is 19.1. The molecule has 0 atom stereocenters. The zero-order valence-electron chi connectivity index (χ0n) is 13.7. The molecule has 1 aromatic heterocycles. The molecule has 0 saturated carbocycles. The van der Waals surface area contributed by atoms with Gasteiger partial charge >= 0.3 is 0 Å². The van der Waals surface area contributed by atoms with Crippen molar-refractivity contribution in [3.63, 3.8) is 0 Å². The monoisotopic (exact) mass is 350 g/mol. The number of carbonyl (C=O) groups excluding carboxylic acids is 2. The number of benzene rings is 2. The quantitative estimate of drug-likeness (QED) is 0.759. The number of nitrogens with zero attached hydrogens (tertiary/aromatic N) is 2. The number of nitrogens with one attached hydrogen (secondary N) is 1. The molecule has 1 aliphatic carbocycles. The summed E-state index contributed by atoms with van der Waals surface area (Å²) >= 11 is 0. The number of primary amides is 1. The van der Waals surface area contributed by atoms with E-state index in [9.17, 15) is 14.0 Å². The maximum Gasteiger partial charge on any atom is 0.271 e. The summed E-state index contributed by atoms with van der Waals surface area (Å²) in [5.74, 6) is -1.53. The lowest BCUT2D eigenvalue weighted by molar-refractivity contribution is 0.0983. The number of hydrogen-bond acceptors (Lipinski definition) is 3. The maximum atomic E-state index is 13.1. The molecule has 1 aliphatic rings. The first-order chi connectivity index (χ1) is 12.5. The third kappa shape index (κ3) is 2.63. The maximum absolute atomic E-state index is 13.1. The van der Waals surface area contributed by atoms with Gasteiger partial charge in [0, 0.05) is 16.7 Å². The predicted octanol–water partition coefficient (Wildman–Crippen LogP) is 2.27. The zero-order chi connectivity index (χ0) is 18.3. The molecule has 3 N–H and O–H groups in total. The van der Waals surface area contributed by atoms with E-state index in [0.717, 1.165) is 23.1 Å². The molecule has 0 spiro atoms. The fraction of sp³-hybridized carbons (Fsp3) is 0.105. The minimum Gasteiger partial charge on any atom is -0.364 e. The van der Waals surface area contributed by atoms with Gasteiger partial charge in [-0.15, -0.1) is 5.10 Å². The van der Waals surface area contributed by atoms with E-state index in [4.69, 9.17) is 5.73 Å². The van der Waals surface area contributed by atoms with Crippen molar-refractivity contribution in [3.05, 3.63) is 76.7 Å². The number of carbonyl (C=O) groups is 2. The number of amides is 2. The summed E-state index contributed by atoms with van der Waals surface area (Å²) in [7, 11) is 0. The summed E-state index contributed by atoms with van der Waals surface area (Å²) in [5.41, 5.74) is 11.9. The molecule has 6 nitrogen and oxygen atoms in total. The third-order valence-corrected chi connectivity index (χ3v) is 4.45. The third-order valence-electron chi connectivity index (χ3n) is 4.45. The molecule has 1 heterocycles. The summed E-state index contributed by atoms with van der Waals surface area (Å²) in [4.78, 5) is 25.6. The van der Waals surface area contributed by atoms with Crippen molar-refractivity contribution < 1.29 is 14.0 Å². The second-order valence-corrected chi connectivity index (χ2v) is 6.06. The van der Waals surface area contributed by atoms with E-state index in [-0.39, 0.29) is 11.3 Å². The van der Waals surface area contributed by atoms with Crippen molar-refractivity contribution in [2.24, 2.45) is 5.73 Å². The molecule has 0 radical (unpaired) electrons. The Morgan fingerprint density at radius 2 is 1.81 bits per heavy atom. The van der Waals surface area contributed by atoms with Crippen LogP contribution in [-0.4, -0.2) is 21.7 Å². The number of fused-ring (bicyclic) bond motifs is 3. The van der Waals surface area contributed by atoms with E-state index in [1.165, 1.54) is 29.1 Å². The van der Waals surface area contributed by atoms with Crippen LogP contribution in [0, 0.1) is 5.82 Å². The van der Waals surface area contributed by atoms with E-state index in [0.29, 0.717) is 12.1 Å². The van der Waals surface area contributed by atoms with E-state index >= 15 is 0 Å². The Kier molecular flexibility index (Phi) is 3.76. The van der Waals surface area contributed by atoms with Crippen LogP contribution in [0.3, 0.4) is 0 Å². The van der Waals surface area contributed by atoms with Crippen LogP contribution in [0.25, 0.3) is 11.3 Å². The second kappa shape index (κ2) is 6.11. The zero-order valence-corrected chi connectivity index (χ0v) is 13.7. The Balaban J connectivity index is 1.79. The van der Waals surface area contributed by atoms with Gasteiger partial charge in [-0.3, -0.25) is 9.59 Å².